The van der Waals surface area contributed by atoms with Gasteiger partial charge in [-0.05, 0) is 18.6 Å². The van der Waals surface area contributed by atoms with Crippen LogP contribution in [0.5, 0.6) is 0 Å². The summed E-state index contributed by atoms with van der Waals surface area (Å²) in [6, 6.07) is 10.8. The lowest BCUT2D eigenvalue weighted by atomic mass is 10.1. The molecule has 0 radical (unpaired) electrons. The Morgan fingerprint density at radius 3 is 2.28 bits per heavy atom. The van der Waals surface area contributed by atoms with Gasteiger partial charge >= 0.3 is 5.97 Å². The van der Waals surface area contributed by atoms with E-state index in [0.29, 0.717) is 18.4 Å². The number of aliphatic carboxylic acids is 1. The van der Waals surface area contributed by atoms with Gasteiger partial charge in [-0.1, -0.05) is 31.2 Å². The van der Waals surface area contributed by atoms with Gasteiger partial charge in [-0.15, -0.1) is 0 Å². The zero-order valence-electron chi connectivity index (χ0n) is 14.8. The number of anilines is 1. The SMILES string of the molecule is CCCN(CCC(=O)O)S(=O)(=O)c1cccc2c(N(C)C)cccc12. The van der Waals surface area contributed by atoms with Crippen LogP contribution in [0.15, 0.2) is 41.3 Å². The summed E-state index contributed by atoms with van der Waals surface area (Å²) >= 11 is 0. The van der Waals surface area contributed by atoms with Gasteiger partial charge in [0.05, 0.1) is 11.3 Å². The Labute approximate surface area is 148 Å². The van der Waals surface area contributed by atoms with Gasteiger partial charge < -0.3 is 10.0 Å². The van der Waals surface area contributed by atoms with Crippen molar-refractivity contribution < 1.29 is 18.3 Å². The summed E-state index contributed by atoms with van der Waals surface area (Å²) in [6.07, 6.45) is 0.402. The minimum Gasteiger partial charge on any atom is -0.481 e. The van der Waals surface area contributed by atoms with Gasteiger partial charge in [0.1, 0.15) is 0 Å². The topological polar surface area (TPSA) is 77.9 Å². The fourth-order valence-corrected chi connectivity index (χ4v) is 4.58. The van der Waals surface area contributed by atoms with E-state index < -0.39 is 16.0 Å². The molecule has 136 valence electrons. The van der Waals surface area contributed by atoms with Gasteiger partial charge in [-0.3, -0.25) is 4.79 Å². The van der Waals surface area contributed by atoms with Crippen LogP contribution in [-0.4, -0.2) is 51.0 Å². The van der Waals surface area contributed by atoms with Crippen LogP contribution < -0.4 is 4.90 Å². The molecule has 25 heavy (non-hydrogen) atoms. The van der Waals surface area contributed by atoms with E-state index in [2.05, 4.69) is 0 Å². The lowest BCUT2D eigenvalue weighted by Crippen LogP contribution is -2.34. The third-order valence-electron chi connectivity index (χ3n) is 4.01. The number of carbonyl (C=O) groups is 1. The predicted octanol–water partition coefficient (Wildman–Crippen LogP) is 2.78. The Bertz CT molecular complexity index is 863. The molecule has 0 aliphatic carbocycles. The molecule has 0 saturated heterocycles. The van der Waals surface area contributed by atoms with Gasteiger partial charge in [-0.2, -0.15) is 4.31 Å². The summed E-state index contributed by atoms with van der Waals surface area (Å²) in [4.78, 5) is 13.0. The zero-order valence-corrected chi connectivity index (χ0v) is 15.6. The van der Waals surface area contributed by atoms with Crippen molar-refractivity contribution in [3.8, 4) is 0 Å². The fourth-order valence-electron chi connectivity index (χ4n) is 2.84. The van der Waals surface area contributed by atoms with Crippen LogP contribution in [0.25, 0.3) is 10.8 Å². The molecule has 0 unspecified atom stereocenters. The molecule has 0 atom stereocenters. The van der Waals surface area contributed by atoms with E-state index in [1.807, 2.05) is 44.1 Å². The molecule has 0 spiro atoms. The first kappa shape index (κ1) is 19.2. The summed E-state index contributed by atoms with van der Waals surface area (Å²) in [5, 5.41) is 10.4. The molecule has 2 rings (SSSR count). The number of fused-ring (bicyclic) bond motifs is 1. The molecule has 2 aromatic rings. The molecule has 7 heteroatoms. The molecule has 0 aliphatic heterocycles. The first-order valence-electron chi connectivity index (χ1n) is 8.20. The molecule has 0 amide bonds. The number of benzene rings is 2. The van der Waals surface area contributed by atoms with E-state index in [1.54, 1.807) is 18.2 Å². The minimum absolute atomic E-state index is 0.0325. The van der Waals surface area contributed by atoms with Crippen molar-refractivity contribution in [1.82, 2.24) is 4.31 Å². The Hall–Kier alpha value is -2.12. The van der Waals surface area contributed by atoms with Crippen molar-refractivity contribution in [2.24, 2.45) is 0 Å². The number of carboxylic acids is 1. The van der Waals surface area contributed by atoms with E-state index in [4.69, 9.17) is 5.11 Å². The van der Waals surface area contributed by atoms with Gasteiger partial charge in [0.25, 0.3) is 0 Å². The number of hydrogen-bond donors (Lipinski definition) is 1. The lowest BCUT2D eigenvalue weighted by molar-refractivity contribution is -0.137. The summed E-state index contributed by atoms with van der Waals surface area (Å²) in [6.45, 7) is 2.13. The number of carboxylic acid groups (broad SMARTS) is 1. The van der Waals surface area contributed by atoms with Crippen LogP contribution >= 0.6 is 0 Å². The van der Waals surface area contributed by atoms with Crippen LogP contribution in [0.2, 0.25) is 0 Å². The minimum atomic E-state index is -3.78. The average Bonchev–Trinajstić information content (AvgIpc) is 2.56. The van der Waals surface area contributed by atoms with Gasteiger partial charge in [0.2, 0.25) is 10.0 Å². The zero-order chi connectivity index (χ0) is 18.6. The van der Waals surface area contributed by atoms with Crippen LogP contribution in [0.4, 0.5) is 5.69 Å². The van der Waals surface area contributed by atoms with Crippen molar-refractivity contribution in [3.05, 3.63) is 36.4 Å². The summed E-state index contributed by atoms with van der Waals surface area (Å²) in [5.41, 5.74) is 0.933. The summed E-state index contributed by atoms with van der Waals surface area (Å²) < 4.78 is 27.6. The molecule has 0 heterocycles. The maximum absolute atomic E-state index is 13.1. The van der Waals surface area contributed by atoms with Crippen molar-refractivity contribution in [2.75, 3.05) is 32.1 Å². The predicted molar refractivity (Wildman–Crippen MR) is 99.6 cm³/mol. The monoisotopic (exact) mass is 364 g/mol. The van der Waals surface area contributed by atoms with Crippen LogP contribution in [0, 0.1) is 0 Å². The first-order chi connectivity index (χ1) is 11.8. The second-order valence-corrected chi connectivity index (χ2v) is 7.98. The fraction of sp³-hybridized carbons (Fsp3) is 0.389. The third-order valence-corrected chi connectivity index (χ3v) is 5.96. The molecular formula is C18H24N2O4S. The number of nitrogens with zero attached hydrogens (tertiary/aromatic N) is 2. The van der Waals surface area contributed by atoms with Crippen molar-refractivity contribution in [3.63, 3.8) is 0 Å². The Morgan fingerprint density at radius 2 is 1.68 bits per heavy atom. The second-order valence-electron chi connectivity index (χ2n) is 6.07. The quantitative estimate of drug-likeness (QED) is 0.779. The van der Waals surface area contributed by atoms with Crippen molar-refractivity contribution in [2.45, 2.75) is 24.7 Å². The van der Waals surface area contributed by atoms with E-state index >= 15 is 0 Å². The Morgan fingerprint density at radius 1 is 1.04 bits per heavy atom. The van der Waals surface area contributed by atoms with Crippen LogP contribution in [0.1, 0.15) is 19.8 Å². The van der Waals surface area contributed by atoms with E-state index in [-0.39, 0.29) is 17.9 Å². The molecule has 2 aromatic carbocycles. The number of hydrogen-bond acceptors (Lipinski definition) is 4. The summed E-state index contributed by atoms with van der Waals surface area (Å²) in [5.74, 6) is -1.01. The molecule has 0 fully saturated rings. The molecular weight excluding hydrogens is 340 g/mol. The largest absolute Gasteiger partial charge is 0.481 e. The third kappa shape index (κ3) is 4.11. The van der Waals surface area contributed by atoms with Gasteiger partial charge in [0, 0.05) is 43.6 Å². The van der Waals surface area contributed by atoms with E-state index in [1.165, 1.54) is 4.31 Å². The molecule has 0 aliphatic rings. The van der Waals surface area contributed by atoms with Crippen molar-refractivity contribution in [1.29, 1.82) is 0 Å². The molecule has 0 aromatic heterocycles. The highest BCUT2D eigenvalue weighted by molar-refractivity contribution is 7.89. The van der Waals surface area contributed by atoms with E-state index in [0.717, 1.165) is 11.1 Å². The first-order valence-corrected chi connectivity index (χ1v) is 9.64. The molecule has 1 N–H and O–H groups in total. The molecule has 6 nitrogen and oxygen atoms in total. The highest BCUT2D eigenvalue weighted by atomic mass is 32.2. The van der Waals surface area contributed by atoms with Crippen LogP contribution in [0.3, 0.4) is 0 Å². The average molecular weight is 364 g/mol. The highest BCUT2D eigenvalue weighted by Gasteiger charge is 2.26. The standard InChI is InChI=1S/C18H24N2O4S/c1-4-12-20(13-11-18(21)22)25(23,24)17-10-6-7-14-15(17)8-5-9-16(14)19(2)3/h5-10H,4,11-13H2,1-3H3,(H,21,22). The smallest absolute Gasteiger partial charge is 0.304 e. The van der Waals surface area contributed by atoms with Crippen molar-refractivity contribution >= 4 is 32.5 Å². The lowest BCUT2D eigenvalue weighted by Gasteiger charge is -2.23. The Balaban J connectivity index is 2.58. The maximum Gasteiger partial charge on any atom is 0.304 e. The van der Waals surface area contributed by atoms with Crippen LogP contribution in [-0.2, 0) is 14.8 Å². The Kier molecular flexibility index (Phi) is 6.02. The summed E-state index contributed by atoms with van der Waals surface area (Å²) in [7, 11) is 0.0414. The van der Waals surface area contributed by atoms with Gasteiger partial charge in [0.15, 0.2) is 0 Å². The number of sulfonamides is 1. The van der Waals surface area contributed by atoms with E-state index in [9.17, 15) is 13.2 Å². The number of rotatable bonds is 8. The second kappa shape index (κ2) is 7.84. The maximum atomic E-state index is 13.1. The highest BCUT2D eigenvalue weighted by Crippen LogP contribution is 2.31. The molecule has 0 bridgehead atoms. The molecule has 0 saturated carbocycles. The van der Waals surface area contributed by atoms with Gasteiger partial charge in [-0.25, -0.2) is 8.42 Å². The normalized spacial score (nSPS) is 11.8.